The van der Waals surface area contributed by atoms with Gasteiger partial charge in [-0.3, -0.25) is 28.8 Å². The van der Waals surface area contributed by atoms with Crippen LogP contribution in [-0.4, -0.2) is 69.9 Å². The van der Waals surface area contributed by atoms with Crippen LogP contribution in [0.4, 0.5) is 0 Å². The Kier molecular flexibility index (Phi) is 10.4. The van der Waals surface area contributed by atoms with E-state index in [4.69, 9.17) is 22.3 Å². The van der Waals surface area contributed by atoms with Crippen molar-refractivity contribution in [1.29, 1.82) is 0 Å². The number of primary amides is 2. The Bertz CT molecular complexity index is 935. The minimum absolute atomic E-state index is 0.0426. The number of phenols is 1. The number of nitrogens with one attached hydrogen (secondary N) is 3. The highest BCUT2D eigenvalue weighted by Gasteiger charge is 2.30. The summed E-state index contributed by atoms with van der Waals surface area (Å²) in [5.74, 6) is -5.95. The summed E-state index contributed by atoms with van der Waals surface area (Å²) in [6, 6.07) is 0.206. The Balaban J connectivity index is 3.11. The van der Waals surface area contributed by atoms with Gasteiger partial charge in [-0.05, 0) is 24.6 Å². The fraction of sp³-hybridized carbons (Fsp3) is 0.400. The summed E-state index contributed by atoms with van der Waals surface area (Å²) in [4.78, 5) is 71.2. The van der Waals surface area contributed by atoms with Gasteiger partial charge in [0.1, 0.15) is 23.9 Å². The highest BCUT2D eigenvalue weighted by Crippen LogP contribution is 2.12. The van der Waals surface area contributed by atoms with Crippen molar-refractivity contribution < 1.29 is 39.0 Å². The summed E-state index contributed by atoms with van der Waals surface area (Å²) in [5, 5.41) is 25.1. The Morgan fingerprint density at radius 1 is 0.853 bits per heavy atom. The number of carboxylic acid groups (broad SMARTS) is 1. The van der Waals surface area contributed by atoms with Crippen LogP contribution in [0.15, 0.2) is 24.3 Å². The van der Waals surface area contributed by atoms with E-state index in [1.165, 1.54) is 31.2 Å². The molecule has 5 amide bonds. The van der Waals surface area contributed by atoms with Gasteiger partial charge in [0.05, 0.1) is 18.9 Å². The molecular weight excluding hydrogens is 452 g/mol. The van der Waals surface area contributed by atoms with Gasteiger partial charge in [0.2, 0.25) is 29.5 Å². The molecular formula is C20H28N6O8. The average Bonchev–Trinajstić information content (AvgIpc) is 2.73. The van der Waals surface area contributed by atoms with Gasteiger partial charge in [-0.25, -0.2) is 0 Å². The van der Waals surface area contributed by atoms with Gasteiger partial charge in [-0.15, -0.1) is 0 Å². The van der Waals surface area contributed by atoms with Gasteiger partial charge in [-0.1, -0.05) is 12.1 Å². The zero-order valence-electron chi connectivity index (χ0n) is 18.3. The SMILES string of the molecule is C[C@H](NC(=O)[C@H](CC(N)=O)NC(=O)[C@H](Cc1ccc(O)cc1)NC(=O)[C@@H](N)CC(=O)O)C(N)=O. The van der Waals surface area contributed by atoms with E-state index < -0.39 is 72.5 Å². The molecule has 14 heteroatoms. The number of rotatable bonds is 13. The van der Waals surface area contributed by atoms with Crippen LogP contribution in [-0.2, 0) is 35.2 Å². The van der Waals surface area contributed by atoms with Crippen molar-refractivity contribution >= 4 is 35.5 Å². The highest BCUT2D eigenvalue weighted by atomic mass is 16.4. The second-order valence-corrected chi connectivity index (χ2v) is 7.50. The van der Waals surface area contributed by atoms with E-state index in [0.29, 0.717) is 5.56 Å². The zero-order valence-corrected chi connectivity index (χ0v) is 18.3. The zero-order chi connectivity index (χ0) is 26.0. The molecule has 0 aliphatic rings. The Labute approximate surface area is 194 Å². The molecule has 4 atom stereocenters. The van der Waals surface area contributed by atoms with Crippen LogP contribution in [0.25, 0.3) is 0 Å². The lowest BCUT2D eigenvalue weighted by Crippen LogP contribution is -2.58. The maximum Gasteiger partial charge on any atom is 0.305 e. The van der Waals surface area contributed by atoms with E-state index in [1.807, 2.05) is 0 Å². The van der Waals surface area contributed by atoms with E-state index in [0.717, 1.165) is 0 Å². The van der Waals surface area contributed by atoms with E-state index >= 15 is 0 Å². The minimum atomic E-state index is -1.50. The van der Waals surface area contributed by atoms with Crippen LogP contribution in [0, 0.1) is 0 Å². The molecule has 0 unspecified atom stereocenters. The maximum atomic E-state index is 13.0. The number of hydrogen-bond donors (Lipinski definition) is 8. The van der Waals surface area contributed by atoms with Crippen LogP contribution in [0.3, 0.4) is 0 Å². The monoisotopic (exact) mass is 480 g/mol. The summed E-state index contributed by atoms with van der Waals surface area (Å²) >= 11 is 0. The molecule has 186 valence electrons. The van der Waals surface area contributed by atoms with Crippen LogP contribution >= 0.6 is 0 Å². The predicted octanol–water partition coefficient (Wildman–Crippen LogP) is -3.43. The molecule has 0 fully saturated rings. The predicted molar refractivity (Wildman–Crippen MR) is 117 cm³/mol. The third-order valence-electron chi connectivity index (χ3n) is 4.56. The molecule has 0 bridgehead atoms. The third-order valence-corrected chi connectivity index (χ3v) is 4.56. The number of phenolic OH excluding ortho intramolecular Hbond substituents is 1. The van der Waals surface area contributed by atoms with Crippen LogP contribution in [0.5, 0.6) is 5.75 Å². The second-order valence-electron chi connectivity index (χ2n) is 7.50. The minimum Gasteiger partial charge on any atom is -0.508 e. The van der Waals surface area contributed by atoms with E-state index in [1.54, 1.807) is 0 Å². The number of aromatic hydroxyl groups is 1. The van der Waals surface area contributed by atoms with Crippen LogP contribution in [0.1, 0.15) is 25.3 Å². The van der Waals surface area contributed by atoms with Crippen molar-refractivity contribution in [2.45, 2.75) is 50.4 Å². The number of nitrogens with two attached hydrogens (primary N) is 3. The van der Waals surface area contributed by atoms with Crippen molar-refractivity contribution in [3.63, 3.8) is 0 Å². The standard InChI is InChI=1S/C20H28N6O8/c1-9(17(23)31)24-19(33)14(8-15(22)28)26-20(34)13(6-10-2-4-11(27)5-3-10)25-18(32)12(21)7-16(29)30/h2-5,9,12-14,27H,6-8,21H2,1H3,(H2,22,28)(H2,23,31)(H,24,33)(H,25,32)(H,26,34)(H,29,30)/t9-,12-,13-,14-/m0/s1. The van der Waals surface area contributed by atoms with Crippen LogP contribution in [0.2, 0.25) is 0 Å². The van der Waals surface area contributed by atoms with Gasteiger partial charge in [0.25, 0.3) is 0 Å². The molecule has 0 spiro atoms. The average molecular weight is 480 g/mol. The first-order chi connectivity index (χ1) is 15.8. The van der Waals surface area contributed by atoms with Crippen LogP contribution < -0.4 is 33.2 Å². The Morgan fingerprint density at radius 3 is 1.88 bits per heavy atom. The van der Waals surface area contributed by atoms with E-state index in [2.05, 4.69) is 16.0 Å². The highest BCUT2D eigenvalue weighted by molar-refractivity contribution is 5.96. The number of amides is 5. The number of aliphatic carboxylic acids is 1. The van der Waals surface area contributed by atoms with Crippen molar-refractivity contribution in [2.24, 2.45) is 17.2 Å². The molecule has 34 heavy (non-hydrogen) atoms. The molecule has 0 aliphatic heterocycles. The maximum absolute atomic E-state index is 13.0. The molecule has 1 aromatic rings. The first-order valence-corrected chi connectivity index (χ1v) is 10.0. The fourth-order valence-electron chi connectivity index (χ4n) is 2.70. The summed E-state index contributed by atoms with van der Waals surface area (Å²) in [7, 11) is 0. The third kappa shape index (κ3) is 9.52. The summed E-state index contributed by atoms with van der Waals surface area (Å²) < 4.78 is 0. The summed E-state index contributed by atoms with van der Waals surface area (Å²) in [6.45, 7) is 1.29. The Morgan fingerprint density at radius 2 is 1.38 bits per heavy atom. The number of carbonyl (C=O) groups excluding carboxylic acids is 5. The van der Waals surface area contributed by atoms with Crippen molar-refractivity contribution in [3.05, 3.63) is 29.8 Å². The largest absolute Gasteiger partial charge is 0.508 e. The molecule has 0 saturated heterocycles. The lowest BCUT2D eigenvalue weighted by Gasteiger charge is -2.24. The topological polar surface area (TPSA) is 257 Å². The molecule has 0 radical (unpaired) electrons. The molecule has 0 heterocycles. The molecule has 1 aromatic carbocycles. The number of benzene rings is 1. The lowest BCUT2D eigenvalue weighted by molar-refractivity contribution is -0.139. The molecule has 11 N–H and O–H groups in total. The summed E-state index contributed by atoms with van der Waals surface area (Å²) in [6.07, 6.45) is -1.46. The van der Waals surface area contributed by atoms with Gasteiger partial charge < -0.3 is 43.4 Å². The lowest BCUT2D eigenvalue weighted by atomic mass is 10.0. The molecule has 1 rings (SSSR count). The first-order valence-electron chi connectivity index (χ1n) is 10.0. The van der Waals surface area contributed by atoms with Crippen molar-refractivity contribution in [1.82, 2.24) is 16.0 Å². The van der Waals surface area contributed by atoms with E-state index in [-0.39, 0.29) is 12.2 Å². The van der Waals surface area contributed by atoms with Gasteiger partial charge in [0.15, 0.2) is 0 Å². The normalized spacial score (nSPS) is 14.1. The first kappa shape index (κ1) is 27.8. The smallest absolute Gasteiger partial charge is 0.305 e. The second kappa shape index (κ2) is 12.7. The van der Waals surface area contributed by atoms with Crippen molar-refractivity contribution in [3.8, 4) is 5.75 Å². The quantitative estimate of drug-likeness (QED) is 0.139. The molecule has 14 nitrogen and oxygen atoms in total. The van der Waals surface area contributed by atoms with Gasteiger partial charge in [-0.2, -0.15) is 0 Å². The van der Waals surface area contributed by atoms with E-state index in [9.17, 15) is 33.9 Å². The number of hydrogen-bond acceptors (Lipinski definition) is 8. The molecule has 0 saturated carbocycles. The number of carboxylic acids is 1. The Hall–Kier alpha value is -4.20. The fourth-order valence-corrected chi connectivity index (χ4v) is 2.70. The van der Waals surface area contributed by atoms with Gasteiger partial charge >= 0.3 is 5.97 Å². The van der Waals surface area contributed by atoms with Gasteiger partial charge in [0, 0.05) is 6.42 Å². The molecule has 0 aromatic heterocycles. The summed E-state index contributed by atoms with van der Waals surface area (Å²) in [5.41, 5.74) is 16.3. The number of carbonyl (C=O) groups is 6. The van der Waals surface area contributed by atoms with Crippen molar-refractivity contribution in [2.75, 3.05) is 0 Å². The molecule has 0 aliphatic carbocycles.